The maximum absolute atomic E-state index is 11.8. The maximum atomic E-state index is 11.8. The lowest BCUT2D eigenvalue weighted by molar-refractivity contribution is 0.459. The van der Waals surface area contributed by atoms with Gasteiger partial charge < -0.3 is 0 Å². The van der Waals surface area contributed by atoms with Gasteiger partial charge in [0.2, 0.25) is 10.0 Å². The number of halogens is 1. The van der Waals surface area contributed by atoms with Crippen molar-refractivity contribution in [2.45, 2.75) is 25.6 Å². The van der Waals surface area contributed by atoms with Crippen molar-refractivity contribution in [3.8, 4) is 0 Å². The first-order chi connectivity index (χ1) is 7.34. The average Bonchev–Trinajstić information content (AvgIpc) is 2.17. The molecule has 0 spiro atoms. The highest BCUT2D eigenvalue weighted by Gasteiger charge is 2.21. The van der Waals surface area contributed by atoms with E-state index in [0.717, 1.165) is 10.0 Å². The van der Waals surface area contributed by atoms with E-state index in [1.54, 1.807) is 20.9 Å². The maximum Gasteiger partial charge on any atom is 0.216 e. The molecule has 3 nitrogen and oxygen atoms in total. The van der Waals surface area contributed by atoms with E-state index in [9.17, 15) is 8.42 Å². The summed E-state index contributed by atoms with van der Waals surface area (Å²) in [5.41, 5.74) is 0.973. The van der Waals surface area contributed by atoms with E-state index in [4.69, 9.17) is 0 Å². The van der Waals surface area contributed by atoms with Crippen LogP contribution in [0.25, 0.3) is 0 Å². The third-order valence-corrected chi connectivity index (χ3v) is 5.01. The molecule has 1 rings (SSSR count). The van der Waals surface area contributed by atoms with Crippen LogP contribution in [-0.4, -0.2) is 25.0 Å². The zero-order chi connectivity index (χ0) is 12.3. The molecule has 90 valence electrons. The first kappa shape index (κ1) is 13.7. The summed E-state index contributed by atoms with van der Waals surface area (Å²) in [4.78, 5) is 0. The van der Waals surface area contributed by atoms with Gasteiger partial charge in [-0.25, -0.2) is 12.7 Å². The summed E-state index contributed by atoms with van der Waals surface area (Å²) in [6.07, 6.45) is 0. The van der Waals surface area contributed by atoms with Crippen molar-refractivity contribution in [3.05, 3.63) is 34.3 Å². The van der Waals surface area contributed by atoms with Gasteiger partial charge in [0, 0.05) is 18.1 Å². The van der Waals surface area contributed by atoms with Gasteiger partial charge >= 0.3 is 0 Å². The van der Waals surface area contributed by atoms with Crippen LogP contribution in [-0.2, 0) is 16.6 Å². The molecule has 0 aliphatic heterocycles. The molecule has 0 unspecified atom stereocenters. The van der Waals surface area contributed by atoms with Crippen LogP contribution in [0.1, 0.15) is 19.4 Å². The summed E-state index contributed by atoms with van der Waals surface area (Å²) in [7, 11) is -1.56. The molecule has 0 saturated heterocycles. The Morgan fingerprint density at radius 2 is 2.00 bits per heavy atom. The Bertz CT molecular complexity index is 457. The normalized spacial score (nSPS) is 12.4. The Balaban J connectivity index is 2.83. The van der Waals surface area contributed by atoms with Crippen LogP contribution in [0.15, 0.2) is 28.7 Å². The lowest BCUT2D eigenvalue weighted by Crippen LogP contribution is -2.32. The monoisotopic (exact) mass is 305 g/mol. The highest BCUT2D eigenvalue weighted by Crippen LogP contribution is 2.15. The summed E-state index contributed by atoms with van der Waals surface area (Å²) < 4.78 is 26.0. The fourth-order valence-corrected chi connectivity index (χ4v) is 2.84. The Kier molecular flexibility index (Phi) is 4.52. The molecular weight excluding hydrogens is 290 g/mol. The quantitative estimate of drug-likeness (QED) is 0.857. The van der Waals surface area contributed by atoms with E-state index in [2.05, 4.69) is 15.9 Å². The molecular formula is C11H16BrNO2S. The van der Waals surface area contributed by atoms with Crippen LogP contribution < -0.4 is 0 Å². The molecule has 0 fully saturated rings. The molecule has 0 radical (unpaired) electrons. The molecule has 0 amide bonds. The fourth-order valence-electron chi connectivity index (χ4n) is 1.34. The largest absolute Gasteiger partial charge is 0.216 e. The van der Waals surface area contributed by atoms with E-state index in [1.807, 2.05) is 24.3 Å². The van der Waals surface area contributed by atoms with Gasteiger partial charge in [-0.15, -0.1) is 0 Å². The van der Waals surface area contributed by atoms with Crippen LogP contribution in [0.5, 0.6) is 0 Å². The topological polar surface area (TPSA) is 37.4 Å². The minimum Gasteiger partial charge on any atom is -0.212 e. The molecule has 0 aliphatic rings. The van der Waals surface area contributed by atoms with Crippen molar-refractivity contribution in [1.29, 1.82) is 0 Å². The van der Waals surface area contributed by atoms with Crippen LogP contribution in [0, 0.1) is 0 Å². The van der Waals surface area contributed by atoms with Crippen molar-refractivity contribution in [1.82, 2.24) is 4.31 Å². The molecule has 0 aliphatic carbocycles. The first-order valence-corrected chi connectivity index (χ1v) is 7.33. The second kappa shape index (κ2) is 5.29. The van der Waals surface area contributed by atoms with Gasteiger partial charge in [-0.05, 0) is 31.5 Å². The number of rotatable bonds is 4. The van der Waals surface area contributed by atoms with Crippen molar-refractivity contribution in [2.24, 2.45) is 0 Å². The summed E-state index contributed by atoms with van der Waals surface area (Å²) in [6, 6.07) is 7.65. The minimum absolute atomic E-state index is 0.385. The molecule has 0 N–H and O–H groups in total. The molecule has 16 heavy (non-hydrogen) atoms. The van der Waals surface area contributed by atoms with E-state index in [0.29, 0.717) is 6.54 Å². The fraction of sp³-hybridized carbons (Fsp3) is 0.455. The number of hydrogen-bond acceptors (Lipinski definition) is 2. The summed E-state index contributed by atoms with van der Waals surface area (Å²) in [5.74, 6) is 0. The minimum atomic E-state index is -3.17. The van der Waals surface area contributed by atoms with Crippen molar-refractivity contribution < 1.29 is 8.42 Å². The van der Waals surface area contributed by atoms with Gasteiger partial charge in [0.1, 0.15) is 0 Å². The van der Waals surface area contributed by atoms with Crippen LogP contribution in [0.4, 0.5) is 0 Å². The zero-order valence-corrected chi connectivity index (χ0v) is 12.0. The number of hydrogen-bond donors (Lipinski definition) is 0. The smallest absolute Gasteiger partial charge is 0.212 e. The Morgan fingerprint density at radius 3 is 2.50 bits per heavy atom. The molecule has 0 heterocycles. The third kappa shape index (κ3) is 3.30. The third-order valence-electron chi connectivity index (χ3n) is 2.32. The molecule has 0 saturated carbocycles. The summed E-state index contributed by atoms with van der Waals surface area (Å²) in [5, 5.41) is -0.385. The zero-order valence-electron chi connectivity index (χ0n) is 9.64. The first-order valence-electron chi connectivity index (χ1n) is 5.03. The molecule has 0 bridgehead atoms. The predicted molar refractivity (Wildman–Crippen MR) is 69.7 cm³/mol. The lowest BCUT2D eigenvalue weighted by Gasteiger charge is -2.19. The predicted octanol–water partition coefficient (Wildman–Crippen LogP) is 2.62. The van der Waals surface area contributed by atoms with Crippen molar-refractivity contribution >= 4 is 26.0 Å². The Morgan fingerprint density at radius 1 is 1.38 bits per heavy atom. The van der Waals surface area contributed by atoms with E-state index < -0.39 is 10.0 Å². The van der Waals surface area contributed by atoms with Gasteiger partial charge in [-0.1, -0.05) is 28.1 Å². The van der Waals surface area contributed by atoms with Gasteiger partial charge in [0.15, 0.2) is 0 Å². The highest BCUT2D eigenvalue weighted by molar-refractivity contribution is 9.10. The van der Waals surface area contributed by atoms with Gasteiger partial charge in [-0.3, -0.25) is 0 Å². The van der Waals surface area contributed by atoms with Gasteiger partial charge in [0.05, 0.1) is 5.25 Å². The van der Waals surface area contributed by atoms with Crippen molar-refractivity contribution in [2.75, 3.05) is 7.05 Å². The van der Waals surface area contributed by atoms with Gasteiger partial charge in [0.25, 0.3) is 0 Å². The SMILES string of the molecule is CC(C)S(=O)(=O)N(C)Cc1cccc(Br)c1. The second-order valence-electron chi connectivity index (χ2n) is 3.98. The standard InChI is InChI=1S/C11H16BrNO2S/c1-9(2)16(14,15)13(3)8-10-5-4-6-11(12)7-10/h4-7,9H,8H2,1-3H3. The Labute approximate surface area is 106 Å². The summed E-state index contributed by atoms with van der Waals surface area (Å²) in [6.45, 7) is 3.78. The average molecular weight is 306 g/mol. The lowest BCUT2D eigenvalue weighted by atomic mass is 10.2. The van der Waals surface area contributed by atoms with E-state index in [-0.39, 0.29) is 5.25 Å². The van der Waals surface area contributed by atoms with Crippen molar-refractivity contribution in [3.63, 3.8) is 0 Å². The molecule has 1 aromatic carbocycles. The summed E-state index contributed by atoms with van der Waals surface area (Å²) >= 11 is 3.36. The van der Waals surface area contributed by atoms with Crippen LogP contribution in [0.2, 0.25) is 0 Å². The highest BCUT2D eigenvalue weighted by atomic mass is 79.9. The van der Waals surface area contributed by atoms with E-state index in [1.165, 1.54) is 4.31 Å². The van der Waals surface area contributed by atoms with E-state index >= 15 is 0 Å². The molecule has 5 heteroatoms. The molecule has 1 aromatic rings. The van der Waals surface area contributed by atoms with Gasteiger partial charge in [-0.2, -0.15) is 0 Å². The van der Waals surface area contributed by atoms with Crippen LogP contribution in [0.3, 0.4) is 0 Å². The Hall–Kier alpha value is -0.390. The number of sulfonamides is 1. The molecule has 0 atom stereocenters. The number of nitrogens with zero attached hydrogens (tertiary/aromatic N) is 1. The van der Waals surface area contributed by atoms with Crippen LogP contribution >= 0.6 is 15.9 Å². The number of benzene rings is 1. The molecule has 0 aromatic heterocycles. The second-order valence-corrected chi connectivity index (χ2v) is 7.49.